The highest BCUT2D eigenvalue weighted by Crippen LogP contribution is 2.37. The van der Waals surface area contributed by atoms with Crippen LogP contribution in [0.1, 0.15) is 13.3 Å². The molecule has 0 N–H and O–H groups in total. The van der Waals surface area contributed by atoms with Gasteiger partial charge in [-0.1, -0.05) is 30.9 Å². The summed E-state index contributed by atoms with van der Waals surface area (Å²) in [5.74, 6) is 0. The number of hydrogen-bond donors (Lipinski definition) is 0. The van der Waals surface area contributed by atoms with Crippen LogP contribution in [0, 0.1) is 10.1 Å². The molecule has 1 aromatic carbocycles. The number of non-ortho nitro benzene ring substituents is 1. The van der Waals surface area contributed by atoms with Crippen LogP contribution in [0.2, 0.25) is 0 Å². The summed E-state index contributed by atoms with van der Waals surface area (Å²) in [7, 11) is 0. The van der Waals surface area contributed by atoms with E-state index in [1.54, 1.807) is 36.2 Å². The van der Waals surface area contributed by atoms with Crippen molar-refractivity contribution in [1.29, 1.82) is 0 Å². The van der Waals surface area contributed by atoms with E-state index in [1.165, 1.54) is 5.57 Å². The normalized spacial score (nSPS) is 21.5. The molecule has 5 heteroatoms. The van der Waals surface area contributed by atoms with Crippen LogP contribution >= 0.6 is 11.9 Å². The maximum Gasteiger partial charge on any atom is 0.269 e. The van der Waals surface area contributed by atoms with E-state index in [2.05, 4.69) is 17.0 Å². The average Bonchev–Trinajstić information content (AvgIpc) is 3.17. The molecule has 2 unspecified atom stereocenters. The van der Waals surface area contributed by atoms with E-state index in [1.807, 2.05) is 25.2 Å². The predicted octanol–water partition coefficient (Wildman–Crippen LogP) is 4.36. The molecule has 1 heterocycles. The minimum absolute atomic E-state index is 0.131. The number of nitro groups is 1. The molecule has 1 aliphatic heterocycles. The van der Waals surface area contributed by atoms with Gasteiger partial charge in [0.1, 0.15) is 0 Å². The summed E-state index contributed by atoms with van der Waals surface area (Å²) in [5, 5.41) is 10.6. The van der Waals surface area contributed by atoms with E-state index >= 15 is 0 Å². The Labute approximate surface area is 129 Å². The van der Waals surface area contributed by atoms with Gasteiger partial charge in [-0.3, -0.25) is 10.1 Å². The van der Waals surface area contributed by atoms with Gasteiger partial charge in [0.05, 0.1) is 4.92 Å². The minimum atomic E-state index is -0.377. The van der Waals surface area contributed by atoms with E-state index < -0.39 is 0 Å². The lowest BCUT2D eigenvalue weighted by Gasteiger charge is -2.04. The van der Waals surface area contributed by atoms with Crippen LogP contribution in [-0.4, -0.2) is 21.8 Å². The highest BCUT2D eigenvalue weighted by molar-refractivity contribution is 7.97. The first-order valence-electron chi connectivity index (χ1n) is 6.77. The Bertz CT molecular complexity index is 578. The Morgan fingerprint density at radius 1 is 1.52 bits per heavy atom. The molecule has 0 saturated carbocycles. The fourth-order valence-electron chi connectivity index (χ4n) is 2.03. The van der Waals surface area contributed by atoms with Gasteiger partial charge in [-0.25, -0.2) is 4.31 Å². The molecule has 0 aliphatic carbocycles. The number of nitro benzene ring substituents is 1. The molecule has 4 nitrogen and oxygen atoms in total. The first-order chi connectivity index (χ1) is 10.1. The Balaban J connectivity index is 1.88. The number of hydrogen-bond acceptors (Lipinski definition) is 4. The van der Waals surface area contributed by atoms with Crippen molar-refractivity contribution in [3.8, 4) is 0 Å². The largest absolute Gasteiger partial charge is 0.269 e. The molecule has 1 aliphatic rings. The number of allylic oxidation sites excluding steroid dienone is 4. The number of rotatable bonds is 7. The summed E-state index contributed by atoms with van der Waals surface area (Å²) in [6, 6.07) is 7.20. The zero-order valence-electron chi connectivity index (χ0n) is 11.9. The summed E-state index contributed by atoms with van der Waals surface area (Å²) in [5.41, 5.74) is 1.40. The zero-order chi connectivity index (χ0) is 15.2. The van der Waals surface area contributed by atoms with Gasteiger partial charge < -0.3 is 0 Å². The molecule has 0 radical (unpaired) electrons. The van der Waals surface area contributed by atoms with E-state index in [0.29, 0.717) is 6.04 Å². The third-order valence-electron chi connectivity index (χ3n) is 3.12. The van der Waals surface area contributed by atoms with Crippen molar-refractivity contribution >= 4 is 17.6 Å². The van der Waals surface area contributed by atoms with Crippen molar-refractivity contribution in [2.75, 3.05) is 6.54 Å². The van der Waals surface area contributed by atoms with Crippen LogP contribution in [0.5, 0.6) is 0 Å². The van der Waals surface area contributed by atoms with Crippen molar-refractivity contribution in [3.63, 3.8) is 0 Å². The quantitative estimate of drug-likeness (QED) is 0.247. The third kappa shape index (κ3) is 4.58. The monoisotopic (exact) mass is 302 g/mol. The van der Waals surface area contributed by atoms with E-state index in [-0.39, 0.29) is 10.6 Å². The maximum absolute atomic E-state index is 10.6. The molecular weight excluding hydrogens is 284 g/mol. The van der Waals surface area contributed by atoms with Crippen LogP contribution in [0.4, 0.5) is 5.69 Å². The van der Waals surface area contributed by atoms with Gasteiger partial charge in [-0.2, -0.15) is 0 Å². The van der Waals surface area contributed by atoms with Gasteiger partial charge in [0, 0.05) is 29.6 Å². The van der Waals surface area contributed by atoms with Crippen LogP contribution in [0.15, 0.2) is 65.6 Å². The second kappa shape index (κ2) is 7.24. The summed E-state index contributed by atoms with van der Waals surface area (Å²) in [4.78, 5) is 11.3. The topological polar surface area (TPSA) is 46.1 Å². The van der Waals surface area contributed by atoms with E-state index in [0.717, 1.165) is 17.9 Å². The lowest BCUT2D eigenvalue weighted by atomic mass is 10.1. The molecule has 0 aromatic heterocycles. The molecule has 0 bridgehead atoms. The SMILES string of the molecule is C=C/C=C(\C=C/C)CC1CN1Sc1ccc([N+](=O)[O-])cc1. The van der Waals surface area contributed by atoms with Gasteiger partial charge in [0.25, 0.3) is 5.69 Å². The summed E-state index contributed by atoms with van der Waals surface area (Å²) in [6.07, 6.45) is 8.98. The van der Waals surface area contributed by atoms with Crippen LogP contribution < -0.4 is 0 Å². The Morgan fingerprint density at radius 2 is 2.24 bits per heavy atom. The summed E-state index contributed by atoms with van der Waals surface area (Å²) in [6.45, 7) is 6.78. The molecular formula is C16H18N2O2S. The standard InChI is InChI=1S/C16H18N2O2S/c1-3-5-13(6-4-2)11-15-12-17(15)21-16-9-7-14(8-10-16)18(19)20/h3-10,15H,1,11-12H2,2H3/b6-4-,13-5+. The average molecular weight is 302 g/mol. The molecule has 0 spiro atoms. The van der Waals surface area contributed by atoms with Crippen molar-refractivity contribution in [2.45, 2.75) is 24.3 Å². The van der Waals surface area contributed by atoms with Crippen LogP contribution in [-0.2, 0) is 0 Å². The lowest BCUT2D eigenvalue weighted by Crippen LogP contribution is -1.94. The van der Waals surface area contributed by atoms with Crippen molar-refractivity contribution < 1.29 is 4.92 Å². The van der Waals surface area contributed by atoms with Gasteiger partial charge >= 0.3 is 0 Å². The Morgan fingerprint density at radius 3 is 2.81 bits per heavy atom. The molecule has 110 valence electrons. The zero-order valence-corrected chi connectivity index (χ0v) is 12.8. The number of benzene rings is 1. The molecule has 2 rings (SSSR count). The molecule has 1 saturated heterocycles. The molecule has 0 amide bonds. The molecule has 2 atom stereocenters. The van der Waals surface area contributed by atoms with Gasteiger partial charge in [0.2, 0.25) is 0 Å². The van der Waals surface area contributed by atoms with E-state index in [4.69, 9.17) is 0 Å². The van der Waals surface area contributed by atoms with Gasteiger partial charge in [0.15, 0.2) is 0 Å². The highest BCUT2D eigenvalue weighted by Gasteiger charge is 2.35. The van der Waals surface area contributed by atoms with Crippen LogP contribution in [0.25, 0.3) is 0 Å². The first kappa shape index (κ1) is 15.5. The fourth-order valence-corrected chi connectivity index (χ4v) is 3.03. The van der Waals surface area contributed by atoms with Crippen molar-refractivity contribution in [2.24, 2.45) is 0 Å². The second-order valence-corrected chi connectivity index (χ2v) is 5.90. The third-order valence-corrected chi connectivity index (χ3v) is 4.28. The minimum Gasteiger partial charge on any atom is -0.258 e. The maximum atomic E-state index is 10.6. The van der Waals surface area contributed by atoms with Gasteiger partial charge in [-0.05, 0) is 43.0 Å². The molecule has 1 aromatic rings. The highest BCUT2D eigenvalue weighted by atomic mass is 32.2. The smallest absolute Gasteiger partial charge is 0.258 e. The van der Waals surface area contributed by atoms with Crippen molar-refractivity contribution in [1.82, 2.24) is 4.31 Å². The second-order valence-electron chi connectivity index (χ2n) is 4.78. The van der Waals surface area contributed by atoms with Crippen molar-refractivity contribution in [3.05, 3.63) is 70.8 Å². The first-order valence-corrected chi connectivity index (χ1v) is 7.54. The molecule has 1 fully saturated rings. The Hall–Kier alpha value is -1.85. The summed E-state index contributed by atoms with van der Waals surface area (Å²) < 4.78 is 2.28. The van der Waals surface area contributed by atoms with Gasteiger partial charge in [-0.15, -0.1) is 0 Å². The number of nitrogens with zero attached hydrogens (tertiary/aromatic N) is 2. The fraction of sp³-hybridized carbons (Fsp3) is 0.250. The van der Waals surface area contributed by atoms with Crippen LogP contribution in [0.3, 0.4) is 0 Å². The Kier molecular flexibility index (Phi) is 5.36. The van der Waals surface area contributed by atoms with E-state index in [9.17, 15) is 10.1 Å². The predicted molar refractivity (Wildman–Crippen MR) is 87.2 cm³/mol. The molecule has 21 heavy (non-hydrogen) atoms. The summed E-state index contributed by atoms with van der Waals surface area (Å²) >= 11 is 1.65. The lowest BCUT2D eigenvalue weighted by molar-refractivity contribution is -0.384.